The number of halogens is 1. The third-order valence-electron chi connectivity index (χ3n) is 7.47. The van der Waals surface area contributed by atoms with Crippen LogP contribution >= 0.6 is 0 Å². The second-order valence-electron chi connectivity index (χ2n) is 10.2. The van der Waals surface area contributed by atoms with E-state index in [0.29, 0.717) is 60.2 Å². The Morgan fingerprint density at radius 3 is 2.60 bits per heavy atom. The van der Waals surface area contributed by atoms with Crippen LogP contribution < -0.4 is 22.1 Å². The van der Waals surface area contributed by atoms with Gasteiger partial charge in [-0.15, -0.1) is 0 Å². The molecular weight excluding hydrogens is 515 g/mol. The number of anilines is 4. The Bertz CT molecular complexity index is 1490. The topological polar surface area (TPSA) is 175 Å². The SMILES string of the molecule is CO[C@]1(C(=O)N[C@@H](C)c2ccc(-n3cc(F)cn3)nc2)CC[C@@H](c2nc(Nc3cc(C)[nH]n3)cc(N)c2N)CC1. The van der Waals surface area contributed by atoms with Crippen LogP contribution in [0, 0.1) is 12.7 Å². The molecule has 0 aromatic carbocycles. The van der Waals surface area contributed by atoms with Crippen molar-refractivity contribution in [2.45, 2.75) is 57.1 Å². The number of nitrogens with two attached hydrogens (primary N) is 2. The van der Waals surface area contributed by atoms with Crippen molar-refractivity contribution in [1.82, 2.24) is 35.3 Å². The number of methoxy groups -OCH3 is 1. The normalized spacial score (nSPS) is 19.8. The number of nitrogens with zero attached hydrogens (tertiary/aromatic N) is 5. The van der Waals surface area contributed by atoms with Crippen molar-refractivity contribution in [3.63, 3.8) is 0 Å². The van der Waals surface area contributed by atoms with E-state index in [-0.39, 0.29) is 17.9 Å². The van der Waals surface area contributed by atoms with Crippen molar-refractivity contribution < 1.29 is 13.9 Å². The van der Waals surface area contributed by atoms with E-state index in [1.54, 1.807) is 25.4 Å². The summed E-state index contributed by atoms with van der Waals surface area (Å²) in [6.45, 7) is 3.79. The molecular formula is C27H33FN10O2. The molecule has 1 aliphatic rings. The van der Waals surface area contributed by atoms with Gasteiger partial charge in [0.2, 0.25) is 0 Å². The molecule has 4 aromatic rings. The summed E-state index contributed by atoms with van der Waals surface area (Å²) >= 11 is 0. The predicted octanol–water partition coefficient (Wildman–Crippen LogP) is 3.66. The molecule has 13 heteroatoms. The quantitative estimate of drug-likeness (QED) is 0.220. The molecule has 0 saturated heterocycles. The van der Waals surface area contributed by atoms with E-state index in [0.717, 1.165) is 17.5 Å². The number of amides is 1. The summed E-state index contributed by atoms with van der Waals surface area (Å²) in [6, 6.07) is 6.79. The minimum atomic E-state index is -0.979. The maximum atomic E-state index is 13.5. The molecule has 12 nitrogen and oxygen atoms in total. The standard InChI is InChI=1S/C27H33FN10O2/c1-15-10-22(37-36-15)34-21-11-20(29)24(30)25(35-21)17-6-8-27(40-3,9-7-17)26(39)33-16(2)18-4-5-23(31-12-18)38-14-19(28)13-32-38/h4-5,10-14,16-17H,6-9,30H2,1-3H3,(H,33,39)(H4,29,34,35,36,37)/t16-,17-,27-/m0/s1. The summed E-state index contributed by atoms with van der Waals surface area (Å²) in [5.74, 6) is 1.05. The first-order valence-corrected chi connectivity index (χ1v) is 13.0. The molecule has 4 heterocycles. The molecule has 1 aliphatic carbocycles. The highest BCUT2D eigenvalue weighted by atomic mass is 19.1. The van der Waals surface area contributed by atoms with Crippen LogP contribution in [0.15, 0.2) is 42.9 Å². The average molecular weight is 549 g/mol. The fourth-order valence-electron chi connectivity index (χ4n) is 5.09. The molecule has 1 amide bonds. The average Bonchev–Trinajstić information content (AvgIpc) is 3.58. The number of carbonyl (C=O) groups excluding carboxylic acids is 1. The van der Waals surface area contributed by atoms with Gasteiger partial charge in [-0.1, -0.05) is 6.07 Å². The highest BCUT2D eigenvalue weighted by Crippen LogP contribution is 2.42. The Labute approximate surface area is 230 Å². The van der Waals surface area contributed by atoms with E-state index in [4.69, 9.17) is 21.2 Å². The van der Waals surface area contributed by atoms with Gasteiger partial charge in [0.05, 0.1) is 35.5 Å². The van der Waals surface area contributed by atoms with Crippen molar-refractivity contribution in [3.05, 3.63) is 65.6 Å². The zero-order chi connectivity index (χ0) is 28.4. The van der Waals surface area contributed by atoms with Gasteiger partial charge in [0.15, 0.2) is 17.5 Å². The van der Waals surface area contributed by atoms with Crippen LogP contribution in [0.2, 0.25) is 0 Å². The second kappa shape index (κ2) is 10.9. The van der Waals surface area contributed by atoms with Crippen molar-refractivity contribution in [2.75, 3.05) is 23.9 Å². The van der Waals surface area contributed by atoms with Crippen LogP contribution in [-0.2, 0) is 9.53 Å². The van der Waals surface area contributed by atoms with E-state index in [2.05, 4.69) is 30.9 Å². The monoisotopic (exact) mass is 548 g/mol. The number of carbonyl (C=O) groups is 1. The van der Waals surface area contributed by atoms with Crippen LogP contribution in [0.1, 0.15) is 61.5 Å². The van der Waals surface area contributed by atoms with E-state index >= 15 is 0 Å². The Balaban J connectivity index is 1.24. The second-order valence-corrected chi connectivity index (χ2v) is 10.2. The highest BCUT2D eigenvalue weighted by Gasteiger charge is 2.43. The van der Waals surface area contributed by atoms with Crippen molar-refractivity contribution in [1.29, 1.82) is 0 Å². The van der Waals surface area contributed by atoms with E-state index in [9.17, 15) is 9.18 Å². The number of aromatic nitrogens is 6. The van der Waals surface area contributed by atoms with Crippen molar-refractivity contribution >= 4 is 28.9 Å². The Morgan fingerprint density at radius 1 is 1.23 bits per heavy atom. The molecule has 0 radical (unpaired) electrons. The van der Waals surface area contributed by atoms with E-state index in [1.807, 2.05) is 26.0 Å². The number of nitrogen functional groups attached to an aromatic ring is 2. The van der Waals surface area contributed by atoms with Gasteiger partial charge in [0, 0.05) is 37.1 Å². The lowest BCUT2D eigenvalue weighted by Crippen LogP contribution is -2.50. The van der Waals surface area contributed by atoms with Crippen molar-refractivity contribution in [3.8, 4) is 5.82 Å². The molecule has 0 bridgehead atoms. The third kappa shape index (κ3) is 5.45. The van der Waals surface area contributed by atoms with E-state index in [1.165, 1.54) is 10.9 Å². The minimum Gasteiger partial charge on any atom is -0.397 e. The molecule has 0 aliphatic heterocycles. The smallest absolute Gasteiger partial charge is 0.252 e. The first-order chi connectivity index (χ1) is 19.2. The number of H-pyrrole nitrogens is 1. The number of aryl methyl sites for hydroxylation is 1. The van der Waals surface area contributed by atoms with E-state index < -0.39 is 11.4 Å². The van der Waals surface area contributed by atoms with Gasteiger partial charge in [-0.25, -0.2) is 19.0 Å². The molecule has 7 N–H and O–H groups in total. The lowest BCUT2D eigenvalue weighted by atomic mass is 9.76. The molecule has 1 fully saturated rings. The summed E-state index contributed by atoms with van der Waals surface area (Å²) in [5, 5.41) is 17.2. The Kier molecular flexibility index (Phi) is 7.39. The van der Waals surface area contributed by atoms with Crippen LogP contribution in [0.25, 0.3) is 5.82 Å². The van der Waals surface area contributed by atoms with Gasteiger partial charge in [0.25, 0.3) is 5.91 Å². The number of hydrogen-bond donors (Lipinski definition) is 5. The molecule has 0 unspecified atom stereocenters. The zero-order valence-corrected chi connectivity index (χ0v) is 22.6. The molecule has 1 atom stereocenters. The number of aromatic amines is 1. The fraction of sp³-hybridized carbons (Fsp3) is 0.370. The number of rotatable bonds is 8. The summed E-state index contributed by atoms with van der Waals surface area (Å²) in [6.07, 6.45) is 6.28. The van der Waals surface area contributed by atoms with Gasteiger partial charge >= 0.3 is 0 Å². The molecule has 210 valence electrons. The number of hydrogen-bond acceptors (Lipinski definition) is 9. The lowest BCUT2D eigenvalue weighted by molar-refractivity contribution is -0.148. The number of pyridine rings is 2. The number of nitrogens with one attached hydrogen (secondary N) is 3. The van der Waals surface area contributed by atoms with Gasteiger partial charge in [-0.3, -0.25) is 9.89 Å². The summed E-state index contributed by atoms with van der Waals surface area (Å²) in [5.41, 5.74) is 14.9. The van der Waals surface area contributed by atoms with Crippen molar-refractivity contribution in [2.24, 2.45) is 0 Å². The van der Waals surface area contributed by atoms with Gasteiger partial charge in [-0.05, 0) is 51.2 Å². The Morgan fingerprint density at radius 2 is 2.00 bits per heavy atom. The Hall–Kier alpha value is -4.52. The predicted molar refractivity (Wildman–Crippen MR) is 148 cm³/mol. The summed E-state index contributed by atoms with van der Waals surface area (Å²) < 4.78 is 20.4. The molecule has 4 aromatic heterocycles. The first kappa shape index (κ1) is 27.1. The number of ether oxygens (including phenoxy) is 1. The zero-order valence-electron chi connectivity index (χ0n) is 22.6. The molecule has 40 heavy (non-hydrogen) atoms. The molecule has 1 saturated carbocycles. The van der Waals surface area contributed by atoms with Crippen LogP contribution in [-0.4, -0.2) is 48.6 Å². The lowest BCUT2D eigenvalue weighted by Gasteiger charge is -2.38. The maximum Gasteiger partial charge on any atom is 0.252 e. The molecule has 5 rings (SSSR count). The van der Waals surface area contributed by atoms with Crippen LogP contribution in [0.5, 0.6) is 0 Å². The van der Waals surface area contributed by atoms with Crippen LogP contribution in [0.3, 0.4) is 0 Å². The first-order valence-electron chi connectivity index (χ1n) is 13.0. The van der Waals surface area contributed by atoms with Gasteiger partial charge in [-0.2, -0.15) is 10.2 Å². The van der Waals surface area contributed by atoms with Gasteiger partial charge in [0.1, 0.15) is 11.4 Å². The highest BCUT2D eigenvalue weighted by molar-refractivity contribution is 5.85. The van der Waals surface area contributed by atoms with Gasteiger partial charge < -0.3 is 26.8 Å². The summed E-state index contributed by atoms with van der Waals surface area (Å²) in [4.78, 5) is 22.6. The summed E-state index contributed by atoms with van der Waals surface area (Å²) in [7, 11) is 1.56. The fourth-order valence-corrected chi connectivity index (χ4v) is 5.09. The largest absolute Gasteiger partial charge is 0.397 e. The third-order valence-corrected chi connectivity index (χ3v) is 7.47. The molecule has 0 spiro atoms. The van der Waals surface area contributed by atoms with Crippen LogP contribution in [0.4, 0.5) is 27.4 Å². The minimum absolute atomic E-state index is 0.0161. The maximum absolute atomic E-state index is 13.5.